The van der Waals surface area contributed by atoms with E-state index >= 15 is 0 Å². The highest BCUT2D eigenvalue weighted by atomic mass is 32.2. The Morgan fingerprint density at radius 1 is 0.950 bits per heavy atom. The van der Waals surface area contributed by atoms with Crippen LogP contribution in [0.3, 0.4) is 0 Å². The van der Waals surface area contributed by atoms with Crippen LogP contribution in [0.2, 0.25) is 0 Å². The van der Waals surface area contributed by atoms with E-state index in [0.717, 1.165) is 9.79 Å². The van der Waals surface area contributed by atoms with E-state index in [1.165, 1.54) is 35.0 Å². The maximum absolute atomic E-state index is 11.4. The first-order valence-electron chi connectivity index (χ1n) is 5.94. The van der Waals surface area contributed by atoms with Crippen molar-refractivity contribution in [1.82, 2.24) is 0 Å². The summed E-state index contributed by atoms with van der Waals surface area (Å²) in [6.07, 6.45) is 0. The predicted octanol–water partition coefficient (Wildman–Crippen LogP) is 2.68. The Balaban J connectivity index is 2.38. The monoisotopic (exact) mass is 308 g/mol. The number of hydrogen-bond donors (Lipinski definition) is 2. The normalized spacial score (nSPS) is 11.6. The molecule has 0 aliphatic rings. The van der Waals surface area contributed by atoms with Gasteiger partial charge in [0.25, 0.3) is 0 Å². The second-order valence-corrected chi connectivity index (χ2v) is 7.34. The molecule has 0 fully saturated rings. The van der Waals surface area contributed by atoms with Crippen LogP contribution < -0.4 is 10.9 Å². The quantitative estimate of drug-likeness (QED) is 0.854. The first-order valence-corrected chi connectivity index (χ1v) is 8.30. The minimum Gasteiger partial charge on any atom is -0.399 e. The van der Waals surface area contributed by atoms with Crippen LogP contribution in [-0.2, 0) is 10.0 Å². The number of benzene rings is 2. The smallest absolute Gasteiger partial charge is 0.238 e. The summed E-state index contributed by atoms with van der Waals surface area (Å²) in [6, 6.07) is 10.7. The topological polar surface area (TPSA) is 86.2 Å². The molecule has 0 heterocycles. The van der Waals surface area contributed by atoms with Gasteiger partial charge in [0.2, 0.25) is 10.0 Å². The van der Waals surface area contributed by atoms with E-state index in [1.54, 1.807) is 6.07 Å². The van der Waals surface area contributed by atoms with Crippen molar-refractivity contribution in [2.45, 2.75) is 28.5 Å². The average Bonchev–Trinajstić information content (AvgIpc) is 2.32. The molecule has 0 bridgehead atoms. The summed E-state index contributed by atoms with van der Waals surface area (Å²) >= 11 is 1.45. The van der Waals surface area contributed by atoms with Crippen molar-refractivity contribution in [3.05, 3.63) is 47.5 Å². The number of hydrogen-bond acceptors (Lipinski definition) is 4. The molecule has 2 aromatic carbocycles. The molecule has 4 nitrogen and oxygen atoms in total. The van der Waals surface area contributed by atoms with Gasteiger partial charge < -0.3 is 5.73 Å². The molecular formula is C14H16N2O2S2. The zero-order valence-corrected chi connectivity index (χ0v) is 12.9. The summed E-state index contributed by atoms with van der Waals surface area (Å²) in [5.41, 5.74) is 8.51. The van der Waals surface area contributed by atoms with Gasteiger partial charge in [-0.1, -0.05) is 17.8 Å². The van der Waals surface area contributed by atoms with Crippen molar-refractivity contribution in [3.8, 4) is 0 Å². The van der Waals surface area contributed by atoms with Gasteiger partial charge in [-0.2, -0.15) is 0 Å². The Hall–Kier alpha value is -1.50. The number of aryl methyl sites for hydroxylation is 2. The third kappa shape index (κ3) is 3.53. The van der Waals surface area contributed by atoms with Crippen molar-refractivity contribution < 1.29 is 8.42 Å². The fourth-order valence-electron chi connectivity index (χ4n) is 1.73. The maximum Gasteiger partial charge on any atom is 0.238 e. The van der Waals surface area contributed by atoms with Crippen molar-refractivity contribution in [2.24, 2.45) is 5.14 Å². The number of rotatable bonds is 3. The van der Waals surface area contributed by atoms with Crippen LogP contribution in [0.1, 0.15) is 11.1 Å². The van der Waals surface area contributed by atoms with E-state index in [1.807, 2.05) is 26.0 Å². The van der Waals surface area contributed by atoms with E-state index in [9.17, 15) is 8.42 Å². The Kier molecular flexibility index (Phi) is 4.08. The van der Waals surface area contributed by atoms with E-state index < -0.39 is 10.0 Å². The molecule has 2 aromatic rings. The molecule has 0 amide bonds. The molecule has 106 valence electrons. The highest BCUT2D eigenvalue weighted by molar-refractivity contribution is 7.99. The average molecular weight is 308 g/mol. The molecule has 20 heavy (non-hydrogen) atoms. The molecule has 2 rings (SSSR count). The van der Waals surface area contributed by atoms with E-state index in [4.69, 9.17) is 10.9 Å². The molecular weight excluding hydrogens is 292 g/mol. The lowest BCUT2D eigenvalue weighted by molar-refractivity contribution is 0.597. The molecule has 0 aliphatic carbocycles. The summed E-state index contributed by atoms with van der Waals surface area (Å²) < 4.78 is 22.8. The number of anilines is 1. The number of nitrogen functional groups attached to an aromatic ring is 1. The molecule has 0 aromatic heterocycles. The molecule has 6 heteroatoms. The van der Waals surface area contributed by atoms with Crippen LogP contribution in [0, 0.1) is 13.8 Å². The van der Waals surface area contributed by atoms with Gasteiger partial charge in [0.15, 0.2) is 0 Å². The largest absolute Gasteiger partial charge is 0.399 e. The standard InChI is InChI=1S/C14H16N2O2S2/c1-9-3-4-12(5-10(9)2)19-13-6-11(15)7-14(8-13)20(16,17)18/h3-8H,15H2,1-2H3,(H2,16,17,18). The van der Waals surface area contributed by atoms with Crippen molar-refractivity contribution in [1.29, 1.82) is 0 Å². The van der Waals surface area contributed by atoms with Crippen LogP contribution in [0.15, 0.2) is 51.1 Å². The second-order valence-electron chi connectivity index (χ2n) is 4.63. The highest BCUT2D eigenvalue weighted by Gasteiger charge is 2.11. The lowest BCUT2D eigenvalue weighted by Crippen LogP contribution is -2.12. The molecule has 0 aliphatic heterocycles. The fraction of sp³-hybridized carbons (Fsp3) is 0.143. The number of nitrogens with two attached hydrogens (primary N) is 2. The van der Waals surface area contributed by atoms with Gasteiger partial charge in [0, 0.05) is 15.5 Å². The van der Waals surface area contributed by atoms with Crippen LogP contribution in [0.5, 0.6) is 0 Å². The molecule has 0 radical (unpaired) electrons. The third-order valence-corrected chi connectivity index (χ3v) is 4.80. The molecule has 0 atom stereocenters. The summed E-state index contributed by atoms with van der Waals surface area (Å²) in [5.74, 6) is 0. The Morgan fingerprint density at radius 3 is 2.25 bits per heavy atom. The van der Waals surface area contributed by atoms with Crippen LogP contribution in [0.25, 0.3) is 0 Å². The Bertz CT molecular complexity index is 756. The molecule has 0 saturated heterocycles. The molecule has 0 unspecified atom stereocenters. The van der Waals surface area contributed by atoms with Crippen LogP contribution in [0.4, 0.5) is 5.69 Å². The Morgan fingerprint density at radius 2 is 1.65 bits per heavy atom. The first-order chi connectivity index (χ1) is 9.25. The summed E-state index contributed by atoms with van der Waals surface area (Å²) in [7, 11) is -3.75. The fourth-order valence-corrected chi connectivity index (χ4v) is 3.42. The predicted molar refractivity (Wildman–Crippen MR) is 82.3 cm³/mol. The van der Waals surface area contributed by atoms with Gasteiger partial charge >= 0.3 is 0 Å². The van der Waals surface area contributed by atoms with Crippen LogP contribution >= 0.6 is 11.8 Å². The van der Waals surface area contributed by atoms with E-state index in [0.29, 0.717) is 5.69 Å². The second kappa shape index (κ2) is 5.47. The zero-order valence-electron chi connectivity index (χ0n) is 11.3. The van der Waals surface area contributed by atoms with E-state index in [2.05, 4.69) is 6.07 Å². The van der Waals surface area contributed by atoms with Gasteiger partial charge in [-0.25, -0.2) is 13.6 Å². The minimum atomic E-state index is -3.75. The van der Waals surface area contributed by atoms with Gasteiger partial charge in [-0.05, 0) is 55.3 Å². The Labute approximate surface area is 123 Å². The van der Waals surface area contributed by atoms with Gasteiger partial charge in [-0.15, -0.1) is 0 Å². The zero-order chi connectivity index (χ0) is 14.9. The van der Waals surface area contributed by atoms with Gasteiger partial charge in [0.05, 0.1) is 4.90 Å². The number of sulfonamides is 1. The minimum absolute atomic E-state index is 0.0313. The summed E-state index contributed by atoms with van der Waals surface area (Å²) in [4.78, 5) is 1.81. The lowest BCUT2D eigenvalue weighted by Gasteiger charge is -2.08. The molecule has 4 N–H and O–H groups in total. The summed E-state index contributed by atoms with van der Waals surface area (Å²) in [5, 5.41) is 5.14. The van der Waals surface area contributed by atoms with Crippen molar-refractivity contribution in [3.63, 3.8) is 0 Å². The molecule has 0 saturated carbocycles. The van der Waals surface area contributed by atoms with Gasteiger partial charge in [-0.3, -0.25) is 0 Å². The van der Waals surface area contributed by atoms with E-state index in [-0.39, 0.29) is 4.90 Å². The first kappa shape index (κ1) is 14.9. The lowest BCUT2D eigenvalue weighted by atomic mass is 10.1. The van der Waals surface area contributed by atoms with Crippen LogP contribution in [-0.4, -0.2) is 8.42 Å². The SMILES string of the molecule is Cc1ccc(Sc2cc(N)cc(S(N)(=O)=O)c2)cc1C. The van der Waals surface area contributed by atoms with Crippen molar-refractivity contribution >= 4 is 27.5 Å². The van der Waals surface area contributed by atoms with Crippen molar-refractivity contribution in [2.75, 3.05) is 5.73 Å². The molecule has 0 spiro atoms. The number of primary sulfonamides is 1. The van der Waals surface area contributed by atoms with Gasteiger partial charge in [0.1, 0.15) is 0 Å². The summed E-state index contributed by atoms with van der Waals surface area (Å²) in [6.45, 7) is 4.08. The maximum atomic E-state index is 11.4. The highest BCUT2D eigenvalue weighted by Crippen LogP contribution is 2.31. The third-order valence-electron chi connectivity index (χ3n) is 2.94.